The molecule has 2 aromatic carbocycles. The lowest BCUT2D eigenvalue weighted by Gasteiger charge is -2.40. The molecule has 2 heterocycles. The third-order valence-corrected chi connectivity index (χ3v) is 6.48. The molecule has 0 aliphatic carbocycles. The fourth-order valence-corrected chi connectivity index (χ4v) is 4.49. The van der Waals surface area contributed by atoms with Crippen LogP contribution in [0.15, 0.2) is 60.8 Å². The lowest BCUT2D eigenvalue weighted by Crippen LogP contribution is -2.51. The van der Waals surface area contributed by atoms with Crippen LogP contribution >= 0.6 is 11.6 Å². The van der Waals surface area contributed by atoms with Crippen molar-refractivity contribution in [3.63, 3.8) is 0 Å². The van der Waals surface area contributed by atoms with E-state index >= 15 is 0 Å². The molecular weight excluding hydrogens is 464 g/mol. The highest BCUT2D eigenvalue weighted by Crippen LogP contribution is 2.28. The van der Waals surface area contributed by atoms with Gasteiger partial charge in [0, 0.05) is 55.5 Å². The van der Waals surface area contributed by atoms with Gasteiger partial charge in [-0.05, 0) is 66.6 Å². The Morgan fingerprint density at radius 3 is 2.51 bits per heavy atom. The molecule has 1 aliphatic heterocycles. The van der Waals surface area contributed by atoms with Crippen molar-refractivity contribution in [1.29, 1.82) is 0 Å². The van der Waals surface area contributed by atoms with Gasteiger partial charge in [0.2, 0.25) is 0 Å². The van der Waals surface area contributed by atoms with E-state index in [1.807, 2.05) is 24.4 Å². The quantitative estimate of drug-likeness (QED) is 0.501. The van der Waals surface area contributed by atoms with Gasteiger partial charge in [-0.1, -0.05) is 17.7 Å². The average molecular weight is 495 g/mol. The molecule has 1 aliphatic rings. The number of nitrogens with zero attached hydrogens (tertiary/aromatic N) is 3. The van der Waals surface area contributed by atoms with Crippen LogP contribution in [0.5, 0.6) is 11.5 Å². The Morgan fingerprint density at radius 1 is 1.03 bits per heavy atom. The minimum atomic E-state index is -0.128. The number of ether oxygens (including phenoxy) is 2. The first kappa shape index (κ1) is 24.8. The van der Waals surface area contributed by atoms with Crippen LogP contribution in [0, 0.1) is 0 Å². The molecule has 0 saturated carbocycles. The van der Waals surface area contributed by atoms with Crippen LogP contribution in [0.2, 0.25) is 5.02 Å². The number of hydrogen-bond acceptors (Lipinski definition) is 6. The summed E-state index contributed by atoms with van der Waals surface area (Å²) in [7, 11) is 3.31. The minimum absolute atomic E-state index is 0.128. The van der Waals surface area contributed by atoms with Crippen molar-refractivity contribution in [3.05, 3.63) is 82.5 Å². The van der Waals surface area contributed by atoms with Gasteiger partial charge in [0.05, 0.1) is 14.2 Å². The molecule has 1 saturated heterocycles. The van der Waals surface area contributed by atoms with Crippen LogP contribution in [0.1, 0.15) is 28.4 Å². The monoisotopic (exact) mass is 494 g/mol. The van der Waals surface area contributed by atoms with Crippen molar-refractivity contribution in [2.24, 2.45) is 0 Å². The Hall–Kier alpha value is -3.29. The van der Waals surface area contributed by atoms with Gasteiger partial charge in [0.25, 0.3) is 5.91 Å². The SMILES string of the molecule is COc1ccc(CN2CCN(c3cc(CNC(=O)c4ccc(Cl)cc4)ccn3)C(C)C2)cc1OC. The van der Waals surface area contributed by atoms with Crippen molar-refractivity contribution in [2.75, 3.05) is 38.8 Å². The van der Waals surface area contributed by atoms with E-state index in [4.69, 9.17) is 21.1 Å². The van der Waals surface area contributed by atoms with Crippen LogP contribution in [0.4, 0.5) is 5.82 Å². The molecule has 4 rings (SSSR count). The molecule has 3 aromatic rings. The summed E-state index contributed by atoms with van der Waals surface area (Å²) in [5.74, 6) is 2.30. The first-order chi connectivity index (χ1) is 17.0. The zero-order chi connectivity index (χ0) is 24.8. The van der Waals surface area contributed by atoms with Crippen molar-refractivity contribution in [3.8, 4) is 11.5 Å². The number of rotatable bonds is 8. The van der Waals surface area contributed by atoms with Gasteiger partial charge in [-0.15, -0.1) is 0 Å². The van der Waals surface area contributed by atoms with E-state index in [0.29, 0.717) is 23.2 Å². The maximum absolute atomic E-state index is 12.4. The number of piperazine rings is 1. The molecule has 35 heavy (non-hydrogen) atoms. The number of hydrogen-bond donors (Lipinski definition) is 1. The number of carbonyl (C=O) groups is 1. The second-order valence-electron chi connectivity index (χ2n) is 8.68. The molecule has 7 nitrogen and oxygen atoms in total. The first-order valence-corrected chi connectivity index (χ1v) is 12.0. The molecule has 1 amide bonds. The summed E-state index contributed by atoms with van der Waals surface area (Å²) in [6.07, 6.45) is 1.81. The summed E-state index contributed by atoms with van der Waals surface area (Å²) in [6, 6.07) is 17.2. The number of halogens is 1. The van der Waals surface area contributed by atoms with E-state index in [1.165, 1.54) is 5.56 Å². The summed E-state index contributed by atoms with van der Waals surface area (Å²) in [4.78, 5) is 21.8. The van der Waals surface area contributed by atoms with E-state index in [1.54, 1.807) is 38.5 Å². The molecule has 1 atom stereocenters. The van der Waals surface area contributed by atoms with E-state index < -0.39 is 0 Å². The highest BCUT2D eigenvalue weighted by Gasteiger charge is 2.25. The smallest absolute Gasteiger partial charge is 0.251 e. The Morgan fingerprint density at radius 2 is 1.80 bits per heavy atom. The fraction of sp³-hybridized carbons (Fsp3) is 0.333. The third-order valence-electron chi connectivity index (χ3n) is 6.23. The van der Waals surface area contributed by atoms with Crippen LogP contribution in [-0.4, -0.2) is 55.7 Å². The second kappa shape index (κ2) is 11.4. The zero-order valence-electron chi connectivity index (χ0n) is 20.3. The Labute approximate surface area is 211 Å². The van der Waals surface area contributed by atoms with E-state index in [0.717, 1.165) is 49.1 Å². The molecule has 8 heteroatoms. The summed E-state index contributed by atoms with van der Waals surface area (Å²) in [6.45, 7) is 6.23. The average Bonchev–Trinajstić information content (AvgIpc) is 2.88. The maximum Gasteiger partial charge on any atom is 0.251 e. The summed E-state index contributed by atoms with van der Waals surface area (Å²) in [5.41, 5.74) is 2.79. The molecule has 1 aromatic heterocycles. The highest BCUT2D eigenvalue weighted by molar-refractivity contribution is 6.30. The Bertz CT molecular complexity index is 1160. The van der Waals surface area contributed by atoms with Gasteiger partial charge < -0.3 is 19.7 Å². The molecule has 1 unspecified atom stereocenters. The standard InChI is InChI=1S/C27H31ClN4O3/c1-19-17-31(18-21-4-9-24(34-2)25(14-21)35-3)12-13-32(19)26-15-20(10-11-29-26)16-30-27(33)22-5-7-23(28)8-6-22/h4-11,14-15,19H,12-13,16-18H2,1-3H3,(H,30,33). The first-order valence-electron chi connectivity index (χ1n) is 11.7. The molecule has 1 N–H and O–H groups in total. The topological polar surface area (TPSA) is 66.9 Å². The normalized spacial score (nSPS) is 16.1. The summed E-state index contributed by atoms with van der Waals surface area (Å²) < 4.78 is 10.8. The number of anilines is 1. The van der Waals surface area contributed by atoms with Gasteiger partial charge in [0.1, 0.15) is 5.82 Å². The third kappa shape index (κ3) is 6.24. The zero-order valence-corrected chi connectivity index (χ0v) is 21.1. The van der Waals surface area contributed by atoms with Gasteiger partial charge in [-0.3, -0.25) is 9.69 Å². The number of nitrogens with one attached hydrogen (secondary N) is 1. The highest BCUT2D eigenvalue weighted by atomic mass is 35.5. The number of amides is 1. The molecule has 1 fully saturated rings. The molecule has 0 bridgehead atoms. The summed E-state index contributed by atoms with van der Waals surface area (Å²) >= 11 is 5.91. The fourth-order valence-electron chi connectivity index (χ4n) is 4.37. The number of carbonyl (C=O) groups excluding carboxylic acids is 1. The minimum Gasteiger partial charge on any atom is -0.493 e. The van der Waals surface area contributed by atoms with Crippen LogP contribution in [-0.2, 0) is 13.1 Å². The molecule has 184 valence electrons. The predicted octanol–water partition coefficient (Wildman–Crippen LogP) is 4.39. The Kier molecular flexibility index (Phi) is 8.10. The number of pyridine rings is 1. The van der Waals surface area contributed by atoms with Crippen LogP contribution < -0.4 is 19.7 Å². The van der Waals surface area contributed by atoms with Crippen molar-refractivity contribution in [1.82, 2.24) is 15.2 Å². The number of methoxy groups -OCH3 is 2. The maximum atomic E-state index is 12.4. The van der Waals surface area contributed by atoms with Crippen molar-refractivity contribution < 1.29 is 14.3 Å². The molecule has 0 radical (unpaired) electrons. The van der Waals surface area contributed by atoms with E-state index in [9.17, 15) is 4.79 Å². The second-order valence-corrected chi connectivity index (χ2v) is 9.12. The number of aromatic nitrogens is 1. The summed E-state index contributed by atoms with van der Waals surface area (Å²) in [5, 5.41) is 3.58. The lowest BCUT2D eigenvalue weighted by atomic mass is 10.1. The lowest BCUT2D eigenvalue weighted by molar-refractivity contribution is 0.0951. The van der Waals surface area contributed by atoms with Gasteiger partial charge in [0.15, 0.2) is 11.5 Å². The molecule has 0 spiro atoms. The van der Waals surface area contributed by atoms with E-state index in [2.05, 4.69) is 39.2 Å². The van der Waals surface area contributed by atoms with Gasteiger partial charge >= 0.3 is 0 Å². The largest absolute Gasteiger partial charge is 0.493 e. The predicted molar refractivity (Wildman–Crippen MR) is 138 cm³/mol. The molecular formula is C27H31ClN4O3. The van der Waals surface area contributed by atoms with Gasteiger partial charge in [-0.25, -0.2) is 4.98 Å². The number of benzene rings is 2. The van der Waals surface area contributed by atoms with Crippen LogP contribution in [0.25, 0.3) is 0 Å². The van der Waals surface area contributed by atoms with Crippen molar-refractivity contribution in [2.45, 2.75) is 26.1 Å². The van der Waals surface area contributed by atoms with Crippen molar-refractivity contribution >= 4 is 23.3 Å². The van der Waals surface area contributed by atoms with E-state index in [-0.39, 0.29) is 5.91 Å². The Balaban J connectivity index is 1.34. The van der Waals surface area contributed by atoms with Gasteiger partial charge in [-0.2, -0.15) is 0 Å². The van der Waals surface area contributed by atoms with Crippen LogP contribution in [0.3, 0.4) is 0 Å².